The van der Waals surface area contributed by atoms with Gasteiger partial charge in [-0.05, 0) is 31.4 Å². The zero-order chi connectivity index (χ0) is 13.0. The molecular weight excluding hydrogens is 226 g/mol. The highest BCUT2D eigenvalue weighted by molar-refractivity contribution is 5.23. The molecule has 1 aromatic rings. The Hall–Kier alpha value is -0.900. The van der Waals surface area contributed by atoms with Gasteiger partial charge in [0.2, 0.25) is 0 Å². The van der Waals surface area contributed by atoms with Crippen molar-refractivity contribution in [3.05, 3.63) is 35.4 Å². The van der Waals surface area contributed by atoms with Gasteiger partial charge in [-0.3, -0.25) is 0 Å². The largest absolute Gasteiger partial charge is 0.387 e. The summed E-state index contributed by atoms with van der Waals surface area (Å²) in [5, 5.41) is 10.2. The van der Waals surface area contributed by atoms with Crippen LogP contribution in [0.4, 0.5) is 0 Å². The Bertz CT molecular complexity index is 363. The van der Waals surface area contributed by atoms with E-state index in [1.54, 1.807) is 7.11 Å². The van der Waals surface area contributed by atoms with Crippen molar-refractivity contribution in [2.75, 3.05) is 33.4 Å². The van der Waals surface area contributed by atoms with Crippen LogP contribution in [0.15, 0.2) is 24.3 Å². The summed E-state index contributed by atoms with van der Waals surface area (Å²) < 4.78 is 5.19. The summed E-state index contributed by atoms with van der Waals surface area (Å²) in [6, 6.07) is 8.14. The molecule has 3 heteroatoms. The van der Waals surface area contributed by atoms with Gasteiger partial charge in [-0.25, -0.2) is 0 Å². The number of benzene rings is 1. The third kappa shape index (κ3) is 3.55. The number of likely N-dealkylation sites (tertiary alicyclic amines) is 1. The van der Waals surface area contributed by atoms with Crippen molar-refractivity contribution in [3.8, 4) is 0 Å². The Morgan fingerprint density at radius 2 is 2.11 bits per heavy atom. The Morgan fingerprint density at radius 3 is 2.78 bits per heavy atom. The summed E-state index contributed by atoms with van der Waals surface area (Å²) in [5.74, 6) is 0.625. The molecule has 1 aromatic carbocycles. The zero-order valence-corrected chi connectivity index (χ0v) is 11.3. The molecule has 1 aliphatic heterocycles. The van der Waals surface area contributed by atoms with Gasteiger partial charge in [-0.15, -0.1) is 0 Å². The van der Waals surface area contributed by atoms with Crippen molar-refractivity contribution in [2.24, 2.45) is 5.92 Å². The molecular formula is C15H23NO2. The van der Waals surface area contributed by atoms with E-state index < -0.39 is 0 Å². The van der Waals surface area contributed by atoms with Crippen LogP contribution in [0.1, 0.15) is 23.7 Å². The molecule has 1 N–H and O–H groups in total. The molecule has 1 aliphatic rings. The van der Waals surface area contributed by atoms with Gasteiger partial charge >= 0.3 is 0 Å². The third-order valence-corrected chi connectivity index (χ3v) is 3.67. The number of nitrogens with zero attached hydrogens (tertiary/aromatic N) is 1. The zero-order valence-electron chi connectivity index (χ0n) is 11.3. The van der Waals surface area contributed by atoms with Gasteiger partial charge in [0, 0.05) is 20.2 Å². The van der Waals surface area contributed by atoms with Crippen LogP contribution in [0.5, 0.6) is 0 Å². The maximum Gasteiger partial charge on any atom is 0.0916 e. The standard InChI is InChI=1S/C15H23NO2/c1-12-3-5-14(6-4-12)15(17)10-16-8-7-13(9-16)11-18-2/h3-6,13,15,17H,7-11H2,1-2H3. The Morgan fingerprint density at radius 1 is 1.39 bits per heavy atom. The molecule has 18 heavy (non-hydrogen) atoms. The van der Waals surface area contributed by atoms with Crippen LogP contribution in [0, 0.1) is 12.8 Å². The van der Waals surface area contributed by atoms with Crippen LogP contribution < -0.4 is 0 Å². The molecule has 1 saturated heterocycles. The third-order valence-electron chi connectivity index (χ3n) is 3.67. The molecule has 0 aliphatic carbocycles. The Kier molecular flexibility index (Phi) is 4.75. The van der Waals surface area contributed by atoms with E-state index in [-0.39, 0.29) is 6.10 Å². The van der Waals surface area contributed by atoms with E-state index in [2.05, 4.69) is 24.0 Å². The average molecular weight is 249 g/mol. The summed E-state index contributed by atoms with van der Waals surface area (Å²) in [4.78, 5) is 2.33. The first-order chi connectivity index (χ1) is 8.69. The lowest BCUT2D eigenvalue weighted by molar-refractivity contribution is 0.115. The van der Waals surface area contributed by atoms with E-state index in [1.165, 1.54) is 12.0 Å². The minimum Gasteiger partial charge on any atom is -0.387 e. The van der Waals surface area contributed by atoms with Crippen molar-refractivity contribution in [1.82, 2.24) is 4.90 Å². The predicted molar refractivity (Wildman–Crippen MR) is 72.6 cm³/mol. The van der Waals surface area contributed by atoms with E-state index in [0.29, 0.717) is 5.92 Å². The van der Waals surface area contributed by atoms with Crippen molar-refractivity contribution < 1.29 is 9.84 Å². The molecule has 0 radical (unpaired) electrons. The molecule has 2 atom stereocenters. The second-order valence-corrected chi connectivity index (χ2v) is 5.30. The summed E-state index contributed by atoms with van der Waals surface area (Å²) in [5.41, 5.74) is 2.24. The highest BCUT2D eigenvalue weighted by Gasteiger charge is 2.24. The summed E-state index contributed by atoms with van der Waals surface area (Å²) in [6.07, 6.45) is 0.793. The SMILES string of the molecule is COCC1CCN(CC(O)c2ccc(C)cc2)C1. The van der Waals surface area contributed by atoms with Gasteiger partial charge < -0.3 is 14.7 Å². The number of β-amino-alcohol motifs (C(OH)–C–C–N with tert-alkyl or cyclic N) is 1. The minimum absolute atomic E-state index is 0.383. The van der Waals surface area contributed by atoms with E-state index in [9.17, 15) is 5.11 Å². The summed E-state index contributed by atoms with van der Waals surface area (Å²) >= 11 is 0. The molecule has 2 unspecified atom stereocenters. The van der Waals surface area contributed by atoms with Gasteiger partial charge in [0.15, 0.2) is 0 Å². The lowest BCUT2D eigenvalue weighted by Gasteiger charge is -2.20. The van der Waals surface area contributed by atoms with E-state index >= 15 is 0 Å². The predicted octanol–water partition coefficient (Wildman–Crippen LogP) is 2.00. The van der Waals surface area contributed by atoms with Crippen molar-refractivity contribution in [3.63, 3.8) is 0 Å². The number of hydrogen-bond acceptors (Lipinski definition) is 3. The Labute approximate surface area is 109 Å². The fraction of sp³-hybridized carbons (Fsp3) is 0.600. The Balaban J connectivity index is 1.84. The molecule has 0 aromatic heterocycles. The molecule has 2 rings (SSSR count). The van der Waals surface area contributed by atoms with Crippen LogP contribution in [0.25, 0.3) is 0 Å². The summed E-state index contributed by atoms with van der Waals surface area (Å²) in [6.45, 7) is 5.72. The number of aryl methyl sites for hydroxylation is 1. The molecule has 0 bridgehead atoms. The number of aliphatic hydroxyl groups excluding tert-OH is 1. The fourth-order valence-corrected chi connectivity index (χ4v) is 2.59. The monoisotopic (exact) mass is 249 g/mol. The molecule has 1 heterocycles. The van der Waals surface area contributed by atoms with Crippen LogP contribution in [-0.4, -0.2) is 43.4 Å². The van der Waals surface area contributed by atoms with Gasteiger partial charge in [0.05, 0.1) is 12.7 Å². The quantitative estimate of drug-likeness (QED) is 0.866. The maximum absolute atomic E-state index is 10.2. The maximum atomic E-state index is 10.2. The minimum atomic E-state index is -0.383. The molecule has 0 spiro atoms. The van der Waals surface area contributed by atoms with E-state index in [1.807, 2.05) is 12.1 Å². The highest BCUT2D eigenvalue weighted by Crippen LogP contribution is 2.21. The number of hydrogen-bond donors (Lipinski definition) is 1. The van der Waals surface area contributed by atoms with Crippen molar-refractivity contribution in [2.45, 2.75) is 19.4 Å². The van der Waals surface area contributed by atoms with Crippen LogP contribution in [0.2, 0.25) is 0 Å². The van der Waals surface area contributed by atoms with Gasteiger partial charge in [0.25, 0.3) is 0 Å². The fourth-order valence-electron chi connectivity index (χ4n) is 2.59. The first kappa shape index (κ1) is 13.5. The van der Waals surface area contributed by atoms with E-state index in [4.69, 9.17) is 4.74 Å². The van der Waals surface area contributed by atoms with Crippen LogP contribution in [-0.2, 0) is 4.74 Å². The average Bonchev–Trinajstić information content (AvgIpc) is 2.78. The lowest BCUT2D eigenvalue weighted by atomic mass is 10.1. The second-order valence-electron chi connectivity index (χ2n) is 5.30. The van der Waals surface area contributed by atoms with Crippen molar-refractivity contribution >= 4 is 0 Å². The molecule has 100 valence electrons. The number of ether oxygens (including phenoxy) is 1. The first-order valence-corrected chi connectivity index (χ1v) is 6.65. The number of methoxy groups -OCH3 is 1. The topological polar surface area (TPSA) is 32.7 Å². The second kappa shape index (κ2) is 6.32. The van der Waals surface area contributed by atoms with Crippen LogP contribution >= 0.6 is 0 Å². The number of aliphatic hydroxyl groups is 1. The van der Waals surface area contributed by atoms with Gasteiger partial charge in [-0.1, -0.05) is 29.8 Å². The normalized spacial score (nSPS) is 22.3. The molecule has 3 nitrogen and oxygen atoms in total. The molecule has 0 amide bonds. The first-order valence-electron chi connectivity index (χ1n) is 6.65. The lowest BCUT2D eigenvalue weighted by Crippen LogP contribution is -2.27. The molecule has 0 saturated carbocycles. The smallest absolute Gasteiger partial charge is 0.0916 e. The van der Waals surface area contributed by atoms with Gasteiger partial charge in [-0.2, -0.15) is 0 Å². The van der Waals surface area contributed by atoms with Gasteiger partial charge in [0.1, 0.15) is 0 Å². The number of rotatable bonds is 5. The molecule has 1 fully saturated rings. The van der Waals surface area contributed by atoms with Crippen molar-refractivity contribution in [1.29, 1.82) is 0 Å². The summed E-state index contributed by atoms with van der Waals surface area (Å²) in [7, 11) is 1.75. The van der Waals surface area contributed by atoms with Crippen LogP contribution in [0.3, 0.4) is 0 Å². The van der Waals surface area contributed by atoms with E-state index in [0.717, 1.165) is 31.8 Å². The highest BCUT2D eigenvalue weighted by atomic mass is 16.5.